The third kappa shape index (κ3) is 3.77. The summed E-state index contributed by atoms with van der Waals surface area (Å²) in [7, 11) is 1.70. The van der Waals surface area contributed by atoms with E-state index in [-0.39, 0.29) is 17.2 Å². The van der Waals surface area contributed by atoms with Crippen LogP contribution in [0.4, 0.5) is 0 Å². The van der Waals surface area contributed by atoms with Gasteiger partial charge in [0.25, 0.3) is 5.89 Å². The molecule has 7 nitrogen and oxygen atoms in total. The van der Waals surface area contributed by atoms with E-state index in [9.17, 15) is 4.79 Å². The molecule has 0 bridgehead atoms. The summed E-state index contributed by atoms with van der Waals surface area (Å²) in [5.74, 6) is 1.40. The summed E-state index contributed by atoms with van der Waals surface area (Å²) in [6.07, 6.45) is 5.84. The Hall–Kier alpha value is -2.28. The summed E-state index contributed by atoms with van der Waals surface area (Å²) < 4.78 is 10.8. The van der Waals surface area contributed by atoms with E-state index in [4.69, 9.17) is 9.26 Å². The van der Waals surface area contributed by atoms with Gasteiger partial charge < -0.3 is 14.2 Å². The van der Waals surface area contributed by atoms with Crippen molar-refractivity contribution >= 4 is 5.91 Å². The van der Waals surface area contributed by atoms with Crippen molar-refractivity contribution in [3.8, 4) is 11.5 Å². The minimum absolute atomic E-state index is 0.0174. The lowest BCUT2D eigenvalue weighted by atomic mass is 9.75. The Balaban J connectivity index is 1.81. The van der Waals surface area contributed by atoms with E-state index in [1.54, 1.807) is 19.5 Å². The molecule has 0 atom stereocenters. The largest absolute Gasteiger partial charge is 0.385 e. The van der Waals surface area contributed by atoms with Crippen molar-refractivity contribution in [1.82, 2.24) is 20.0 Å². The molecule has 0 aliphatic carbocycles. The van der Waals surface area contributed by atoms with Gasteiger partial charge in [0.1, 0.15) is 0 Å². The van der Waals surface area contributed by atoms with E-state index in [1.165, 1.54) is 0 Å². The van der Waals surface area contributed by atoms with Gasteiger partial charge in [-0.25, -0.2) is 0 Å². The van der Waals surface area contributed by atoms with E-state index < -0.39 is 0 Å². The van der Waals surface area contributed by atoms with Crippen molar-refractivity contribution in [2.75, 3.05) is 26.8 Å². The molecule has 1 saturated heterocycles. The molecule has 3 heterocycles. The van der Waals surface area contributed by atoms with Gasteiger partial charge in [-0.3, -0.25) is 9.78 Å². The Morgan fingerprint density at radius 3 is 2.77 bits per heavy atom. The number of aromatic nitrogens is 3. The highest BCUT2D eigenvalue weighted by Crippen LogP contribution is 2.38. The summed E-state index contributed by atoms with van der Waals surface area (Å²) in [6, 6.07) is 3.74. The van der Waals surface area contributed by atoms with Gasteiger partial charge in [0, 0.05) is 50.5 Å². The van der Waals surface area contributed by atoms with Crippen LogP contribution in [-0.2, 0) is 14.9 Å². The van der Waals surface area contributed by atoms with Crippen molar-refractivity contribution in [1.29, 1.82) is 0 Å². The normalized spacial score (nSPS) is 16.8. The molecule has 0 aromatic carbocycles. The van der Waals surface area contributed by atoms with Gasteiger partial charge in [0.2, 0.25) is 5.91 Å². The fourth-order valence-corrected chi connectivity index (χ4v) is 3.45. The number of carbonyl (C=O) groups is 1. The molecule has 2 aromatic rings. The highest BCUT2D eigenvalue weighted by molar-refractivity contribution is 5.78. The van der Waals surface area contributed by atoms with Crippen LogP contribution < -0.4 is 0 Å². The maximum atomic E-state index is 12.3. The van der Waals surface area contributed by atoms with Crippen LogP contribution in [-0.4, -0.2) is 52.7 Å². The van der Waals surface area contributed by atoms with Gasteiger partial charge in [-0.2, -0.15) is 4.98 Å². The lowest BCUT2D eigenvalue weighted by molar-refractivity contribution is -0.136. The fourth-order valence-electron chi connectivity index (χ4n) is 3.45. The Morgan fingerprint density at radius 1 is 1.38 bits per heavy atom. The third-order valence-electron chi connectivity index (χ3n) is 5.12. The maximum Gasteiger partial charge on any atom is 0.259 e. The highest BCUT2D eigenvalue weighted by atomic mass is 16.5. The van der Waals surface area contributed by atoms with Gasteiger partial charge in [-0.05, 0) is 31.4 Å². The first-order valence-corrected chi connectivity index (χ1v) is 9.08. The summed E-state index contributed by atoms with van der Waals surface area (Å²) >= 11 is 0. The Kier molecular flexibility index (Phi) is 5.66. The zero-order valence-corrected chi connectivity index (χ0v) is 15.6. The highest BCUT2D eigenvalue weighted by Gasteiger charge is 2.41. The zero-order valence-electron chi connectivity index (χ0n) is 15.6. The number of pyridine rings is 1. The van der Waals surface area contributed by atoms with Crippen LogP contribution in [0.5, 0.6) is 0 Å². The minimum Gasteiger partial charge on any atom is -0.385 e. The number of nitrogens with zero attached hydrogens (tertiary/aromatic N) is 4. The molecule has 3 rings (SSSR count). The Bertz CT molecular complexity index is 721. The smallest absolute Gasteiger partial charge is 0.259 e. The van der Waals surface area contributed by atoms with Crippen molar-refractivity contribution in [3.63, 3.8) is 0 Å². The molecule has 2 aromatic heterocycles. The number of hydrogen-bond acceptors (Lipinski definition) is 6. The standard InChI is InChI=1S/C19H26N4O3/c1-14(2)17(24)23-10-6-19(7-11-23,8-12-25-3)18-21-16(26-22-18)15-5-4-9-20-13-15/h4-5,9,13-14H,6-8,10-12H2,1-3H3. The molecule has 0 unspecified atom stereocenters. The number of carbonyl (C=O) groups excluding carboxylic acids is 1. The van der Waals surface area contributed by atoms with Crippen molar-refractivity contribution in [2.24, 2.45) is 5.92 Å². The number of rotatable bonds is 6. The minimum atomic E-state index is -0.228. The molecule has 1 aliphatic rings. The van der Waals surface area contributed by atoms with Crippen LogP contribution in [0.3, 0.4) is 0 Å². The summed E-state index contributed by atoms with van der Waals surface area (Å²) in [4.78, 5) is 23.0. The third-order valence-corrected chi connectivity index (χ3v) is 5.12. The van der Waals surface area contributed by atoms with Crippen LogP contribution >= 0.6 is 0 Å². The SMILES string of the molecule is COCCC1(c2noc(-c3cccnc3)n2)CCN(C(=O)C(C)C)CC1. The monoisotopic (exact) mass is 358 g/mol. The quantitative estimate of drug-likeness (QED) is 0.790. The second-order valence-electron chi connectivity index (χ2n) is 7.17. The number of likely N-dealkylation sites (tertiary alicyclic amines) is 1. The molecular formula is C19H26N4O3. The topological polar surface area (TPSA) is 81.3 Å². The van der Waals surface area contributed by atoms with Gasteiger partial charge in [0.15, 0.2) is 5.82 Å². The van der Waals surface area contributed by atoms with Gasteiger partial charge in [-0.1, -0.05) is 19.0 Å². The predicted octanol–water partition coefficient (Wildman–Crippen LogP) is 2.68. The summed E-state index contributed by atoms with van der Waals surface area (Å²) in [6.45, 7) is 5.91. The molecular weight excluding hydrogens is 332 g/mol. The Labute approximate surface area is 153 Å². The summed E-state index contributed by atoms with van der Waals surface area (Å²) in [5, 5.41) is 4.27. The van der Waals surface area contributed by atoms with Crippen LogP contribution in [0, 0.1) is 5.92 Å². The van der Waals surface area contributed by atoms with E-state index >= 15 is 0 Å². The number of methoxy groups -OCH3 is 1. The average molecular weight is 358 g/mol. The lowest BCUT2D eigenvalue weighted by Crippen LogP contribution is -2.47. The van der Waals surface area contributed by atoms with Crippen LogP contribution in [0.2, 0.25) is 0 Å². The molecule has 0 spiro atoms. The summed E-state index contributed by atoms with van der Waals surface area (Å²) in [5.41, 5.74) is 0.578. The number of hydrogen-bond donors (Lipinski definition) is 0. The second kappa shape index (κ2) is 7.95. The van der Waals surface area contributed by atoms with Crippen molar-refractivity contribution in [3.05, 3.63) is 30.4 Å². The molecule has 0 N–H and O–H groups in total. The van der Waals surface area contributed by atoms with E-state index in [1.807, 2.05) is 30.9 Å². The molecule has 0 radical (unpaired) electrons. The van der Waals surface area contributed by atoms with Crippen LogP contribution in [0.25, 0.3) is 11.5 Å². The molecule has 26 heavy (non-hydrogen) atoms. The average Bonchev–Trinajstić information content (AvgIpc) is 3.18. The first-order valence-electron chi connectivity index (χ1n) is 9.08. The molecule has 0 saturated carbocycles. The van der Waals surface area contributed by atoms with Crippen LogP contribution in [0.15, 0.2) is 29.0 Å². The first-order chi connectivity index (χ1) is 12.6. The molecule has 1 fully saturated rings. The molecule has 7 heteroatoms. The number of ether oxygens (including phenoxy) is 1. The van der Waals surface area contributed by atoms with Gasteiger partial charge in [0.05, 0.1) is 5.56 Å². The van der Waals surface area contributed by atoms with E-state index in [0.29, 0.717) is 31.4 Å². The predicted molar refractivity (Wildman–Crippen MR) is 96.4 cm³/mol. The molecule has 140 valence electrons. The van der Waals surface area contributed by atoms with E-state index in [0.717, 1.165) is 24.8 Å². The Morgan fingerprint density at radius 2 is 2.15 bits per heavy atom. The lowest BCUT2D eigenvalue weighted by Gasteiger charge is -2.40. The van der Waals surface area contributed by atoms with E-state index in [2.05, 4.69) is 15.1 Å². The first kappa shape index (κ1) is 18.5. The van der Waals surface area contributed by atoms with Gasteiger partial charge >= 0.3 is 0 Å². The van der Waals surface area contributed by atoms with Crippen molar-refractivity contribution < 1.29 is 14.1 Å². The fraction of sp³-hybridized carbons (Fsp3) is 0.579. The number of amides is 1. The van der Waals surface area contributed by atoms with Gasteiger partial charge in [-0.15, -0.1) is 0 Å². The molecule has 1 aliphatic heterocycles. The molecule has 1 amide bonds. The maximum absolute atomic E-state index is 12.3. The zero-order chi connectivity index (χ0) is 18.6. The van der Waals surface area contributed by atoms with Crippen LogP contribution in [0.1, 0.15) is 38.9 Å². The van der Waals surface area contributed by atoms with Crippen molar-refractivity contribution in [2.45, 2.75) is 38.5 Å². The second-order valence-corrected chi connectivity index (χ2v) is 7.17. The number of piperidine rings is 1.